The maximum atomic E-state index is 11.6. The quantitative estimate of drug-likeness (QED) is 0.528. The number of esters is 1. The molecule has 0 bridgehead atoms. The van der Waals surface area contributed by atoms with Crippen molar-refractivity contribution in [1.82, 2.24) is 9.97 Å². The number of hydrogen-bond acceptors (Lipinski definition) is 6. The van der Waals surface area contributed by atoms with Crippen LogP contribution in [-0.4, -0.2) is 28.2 Å². The van der Waals surface area contributed by atoms with E-state index < -0.39 is 5.97 Å². The summed E-state index contributed by atoms with van der Waals surface area (Å²) >= 11 is 0. The van der Waals surface area contributed by atoms with Crippen LogP contribution in [0.25, 0.3) is 22.3 Å². The number of phenolic OH excluding ortho intramolecular Hbond substituents is 1. The van der Waals surface area contributed by atoms with Gasteiger partial charge in [-0.2, -0.15) is 4.98 Å². The lowest BCUT2D eigenvalue weighted by molar-refractivity contribution is 0.0600. The summed E-state index contributed by atoms with van der Waals surface area (Å²) in [5.41, 5.74) is 1.63. The molecule has 0 atom stereocenters. The molecule has 0 spiro atoms. The molecule has 4 rings (SSSR count). The van der Waals surface area contributed by atoms with Crippen molar-refractivity contribution in [3.05, 3.63) is 78.4 Å². The fraction of sp³-hybridized carbons (Fsp3) is 0.0455. The van der Waals surface area contributed by atoms with Gasteiger partial charge in [0.15, 0.2) is 5.82 Å². The number of methoxy groups -OCH3 is 1. The summed E-state index contributed by atoms with van der Waals surface area (Å²) in [7, 11) is 1.33. The van der Waals surface area contributed by atoms with Crippen molar-refractivity contribution in [2.24, 2.45) is 0 Å². The molecule has 28 heavy (non-hydrogen) atoms. The van der Waals surface area contributed by atoms with Crippen molar-refractivity contribution in [3.8, 4) is 28.8 Å². The highest BCUT2D eigenvalue weighted by Gasteiger charge is 2.14. The van der Waals surface area contributed by atoms with E-state index in [1.54, 1.807) is 48.5 Å². The summed E-state index contributed by atoms with van der Waals surface area (Å²) in [6.07, 6.45) is 0. The molecule has 6 nitrogen and oxygen atoms in total. The number of fused-ring (bicyclic) bond motifs is 1. The predicted molar refractivity (Wildman–Crippen MR) is 104 cm³/mol. The van der Waals surface area contributed by atoms with Gasteiger partial charge in [0.2, 0.25) is 5.88 Å². The van der Waals surface area contributed by atoms with Crippen LogP contribution >= 0.6 is 0 Å². The number of carbonyl (C=O) groups excluding carboxylic acids is 1. The van der Waals surface area contributed by atoms with Gasteiger partial charge >= 0.3 is 5.97 Å². The van der Waals surface area contributed by atoms with Crippen molar-refractivity contribution in [1.29, 1.82) is 0 Å². The molecule has 0 aliphatic carbocycles. The molecular formula is C22H16N2O4. The highest BCUT2D eigenvalue weighted by molar-refractivity contribution is 5.89. The van der Waals surface area contributed by atoms with Crippen molar-refractivity contribution in [3.63, 3.8) is 0 Å². The summed E-state index contributed by atoms with van der Waals surface area (Å²) in [6, 6.07) is 20.9. The van der Waals surface area contributed by atoms with Gasteiger partial charge in [-0.05, 0) is 48.5 Å². The molecule has 1 N–H and O–H groups in total. The Hall–Kier alpha value is -3.93. The van der Waals surface area contributed by atoms with Crippen LogP contribution in [0.2, 0.25) is 0 Å². The number of hydrogen-bond donors (Lipinski definition) is 1. The average Bonchev–Trinajstić information content (AvgIpc) is 2.74. The van der Waals surface area contributed by atoms with Crippen LogP contribution in [-0.2, 0) is 4.74 Å². The molecule has 6 heteroatoms. The molecule has 138 valence electrons. The van der Waals surface area contributed by atoms with Crippen LogP contribution in [0.4, 0.5) is 0 Å². The Labute approximate surface area is 161 Å². The lowest BCUT2D eigenvalue weighted by Crippen LogP contribution is -2.00. The van der Waals surface area contributed by atoms with Crippen LogP contribution < -0.4 is 4.74 Å². The Morgan fingerprint density at radius 3 is 2.36 bits per heavy atom. The number of carbonyl (C=O) groups is 1. The van der Waals surface area contributed by atoms with E-state index in [0.29, 0.717) is 34.1 Å². The minimum Gasteiger partial charge on any atom is -0.507 e. The summed E-state index contributed by atoms with van der Waals surface area (Å²) in [5, 5.41) is 10.9. The fourth-order valence-electron chi connectivity index (χ4n) is 2.80. The van der Waals surface area contributed by atoms with E-state index in [1.807, 2.05) is 24.3 Å². The van der Waals surface area contributed by atoms with Crippen LogP contribution in [0.5, 0.6) is 17.4 Å². The average molecular weight is 372 g/mol. The third-order valence-electron chi connectivity index (χ3n) is 4.20. The van der Waals surface area contributed by atoms with Gasteiger partial charge in [-0.1, -0.05) is 24.3 Å². The number of rotatable bonds is 4. The van der Waals surface area contributed by atoms with E-state index in [2.05, 4.69) is 9.97 Å². The van der Waals surface area contributed by atoms with Crippen LogP contribution in [0.1, 0.15) is 10.4 Å². The topological polar surface area (TPSA) is 81.5 Å². The number of para-hydroxylation sites is 2. The smallest absolute Gasteiger partial charge is 0.337 e. The Kier molecular flexibility index (Phi) is 4.60. The zero-order chi connectivity index (χ0) is 19.5. The van der Waals surface area contributed by atoms with Gasteiger partial charge in [-0.3, -0.25) is 0 Å². The van der Waals surface area contributed by atoms with E-state index >= 15 is 0 Å². The standard InChI is InChI=1S/C22H16N2O4/c1-27-22(26)14-10-12-15(13-11-14)28-21-16-6-2-4-8-18(16)23-20(24-21)17-7-3-5-9-19(17)25/h2-13,25H,1H3. The Morgan fingerprint density at radius 1 is 0.893 bits per heavy atom. The molecule has 0 saturated carbocycles. The van der Waals surface area contributed by atoms with E-state index in [9.17, 15) is 9.90 Å². The van der Waals surface area contributed by atoms with Gasteiger partial charge in [-0.15, -0.1) is 0 Å². The Morgan fingerprint density at radius 2 is 1.61 bits per heavy atom. The normalized spacial score (nSPS) is 10.6. The van der Waals surface area contributed by atoms with Gasteiger partial charge in [0.25, 0.3) is 0 Å². The van der Waals surface area contributed by atoms with Gasteiger partial charge in [0.05, 0.1) is 29.1 Å². The summed E-state index contributed by atoms with van der Waals surface area (Å²) in [4.78, 5) is 20.6. The third kappa shape index (κ3) is 3.35. The zero-order valence-corrected chi connectivity index (χ0v) is 15.0. The fourth-order valence-corrected chi connectivity index (χ4v) is 2.80. The number of benzene rings is 3. The second-order valence-electron chi connectivity index (χ2n) is 6.00. The number of ether oxygens (including phenoxy) is 2. The van der Waals surface area contributed by atoms with Gasteiger partial charge < -0.3 is 14.6 Å². The Balaban J connectivity index is 1.77. The van der Waals surface area contributed by atoms with E-state index in [1.165, 1.54) is 7.11 Å². The largest absolute Gasteiger partial charge is 0.507 e. The summed E-state index contributed by atoms with van der Waals surface area (Å²) in [6.45, 7) is 0. The lowest BCUT2D eigenvalue weighted by atomic mass is 10.1. The number of phenols is 1. The van der Waals surface area contributed by atoms with Crippen molar-refractivity contribution < 1.29 is 19.4 Å². The molecule has 1 heterocycles. The van der Waals surface area contributed by atoms with Gasteiger partial charge in [0.1, 0.15) is 11.5 Å². The van der Waals surface area contributed by atoms with Crippen molar-refractivity contribution >= 4 is 16.9 Å². The first-order valence-electron chi connectivity index (χ1n) is 8.57. The second kappa shape index (κ2) is 7.36. The zero-order valence-electron chi connectivity index (χ0n) is 15.0. The first-order chi connectivity index (χ1) is 13.7. The molecule has 1 aromatic heterocycles. The molecule has 0 unspecified atom stereocenters. The molecule has 3 aromatic carbocycles. The van der Waals surface area contributed by atoms with E-state index in [0.717, 1.165) is 5.39 Å². The monoisotopic (exact) mass is 372 g/mol. The van der Waals surface area contributed by atoms with Crippen molar-refractivity contribution in [2.45, 2.75) is 0 Å². The van der Waals surface area contributed by atoms with E-state index in [4.69, 9.17) is 9.47 Å². The molecule has 0 amide bonds. The van der Waals surface area contributed by atoms with Crippen LogP contribution in [0.15, 0.2) is 72.8 Å². The van der Waals surface area contributed by atoms with Gasteiger partial charge in [0, 0.05) is 0 Å². The molecule has 0 aliphatic rings. The van der Waals surface area contributed by atoms with Crippen molar-refractivity contribution in [2.75, 3.05) is 7.11 Å². The predicted octanol–water partition coefficient (Wildman–Crippen LogP) is 4.58. The highest BCUT2D eigenvalue weighted by atomic mass is 16.5. The SMILES string of the molecule is COC(=O)c1ccc(Oc2nc(-c3ccccc3O)nc3ccccc23)cc1. The maximum absolute atomic E-state index is 11.6. The second-order valence-corrected chi connectivity index (χ2v) is 6.00. The molecule has 0 saturated heterocycles. The minimum absolute atomic E-state index is 0.0890. The van der Waals surface area contributed by atoms with E-state index in [-0.39, 0.29) is 5.75 Å². The molecular weight excluding hydrogens is 356 g/mol. The first-order valence-corrected chi connectivity index (χ1v) is 8.57. The molecule has 0 radical (unpaired) electrons. The first kappa shape index (κ1) is 17.5. The summed E-state index contributed by atoms with van der Waals surface area (Å²) < 4.78 is 10.7. The van der Waals surface area contributed by atoms with Gasteiger partial charge in [-0.25, -0.2) is 9.78 Å². The minimum atomic E-state index is -0.416. The molecule has 4 aromatic rings. The summed E-state index contributed by atoms with van der Waals surface area (Å²) in [5.74, 6) is 0.902. The molecule has 0 fully saturated rings. The maximum Gasteiger partial charge on any atom is 0.337 e. The highest BCUT2D eigenvalue weighted by Crippen LogP contribution is 2.33. The number of nitrogens with zero attached hydrogens (tertiary/aromatic N) is 2. The number of aromatic hydroxyl groups is 1. The number of aromatic nitrogens is 2. The van der Waals surface area contributed by atoms with Crippen LogP contribution in [0.3, 0.4) is 0 Å². The molecule has 0 aliphatic heterocycles. The third-order valence-corrected chi connectivity index (χ3v) is 4.20. The lowest BCUT2D eigenvalue weighted by Gasteiger charge is -2.11. The Bertz CT molecular complexity index is 1160. The van der Waals surface area contributed by atoms with Crippen LogP contribution in [0, 0.1) is 0 Å².